The highest BCUT2D eigenvalue weighted by atomic mass is 16.5. The van der Waals surface area contributed by atoms with Gasteiger partial charge in [-0.2, -0.15) is 0 Å². The van der Waals surface area contributed by atoms with Gasteiger partial charge >= 0.3 is 5.97 Å². The molecular weight excluding hydrogens is 444 g/mol. The average Bonchev–Trinajstić information content (AvgIpc) is 3.18. The fourth-order valence-electron chi connectivity index (χ4n) is 5.78. The number of aryl methyl sites for hydroxylation is 1. The van der Waals surface area contributed by atoms with Crippen molar-refractivity contribution in [3.8, 4) is 11.1 Å². The molecule has 3 aromatic rings. The molecule has 2 aliphatic carbocycles. The number of carbonyl (C=O) groups is 1. The van der Waals surface area contributed by atoms with Crippen LogP contribution in [0.3, 0.4) is 0 Å². The average molecular weight is 479 g/mol. The van der Waals surface area contributed by atoms with Crippen molar-refractivity contribution in [1.29, 1.82) is 0 Å². The lowest BCUT2D eigenvalue weighted by Gasteiger charge is -2.33. The van der Waals surface area contributed by atoms with Gasteiger partial charge < -0.3 is 10.1 Å². The minimum atomic E-state index is -0.0621. The molecule has 2 unspecified atom stereocenters. The molecule has 0 saturated carbocycles. The lowest BCUT2D eigenvalue weighted by atomic mass is 9.72. The van der Waals surface area contributed by atoms with Crippen molar-refractivity contribution < 1.29 is 9.53 Å². The molecule has 4 nitrogen and oxygen atoms in total. The topological polar surface area (TPSA) is 50.7 Å². The number of carbonyl (C=O) groups excluding carboxylic acids is 1. The Bertz CT molecular complexity index is 1310. The second kappa shape index (κ2) is 10.9. The van der Waals surface area contributed by atoms with Crippen molar-refractivity contribution in [2.24, 2.45) is 10.9 Å². The summed E-state index contributed by atoms with van der Waals surface area (Å²) in [5, 5.41) is 3.12. The first-order valence-corrected chi connectivity index (χ1v) is 13.1. The third kappa shape index (κ3) is 4.86. The second-order valence-corrected chi connectivity index (χ2v) is 9.65. The molecule has 0 saturated heterocycles. The van der Waals surface area contributed by atoms with Gasteiger partial charge in [0.1, 0.15) is 0 Å². The van der Waals surface area contributed by atoms with E-state index in [1.54, 1.807) is 6.21 Å². The number of allylic oxidation sites excluding steroid dienone is 1. The second-order valence-electron chi connectivity index (χ2n) is 9.65. The summed E-state index contributed by atoms with van der Waals surface area (Å²) in [5.74, 6) is 0.182. The fourth-order valence-corrected chi connectivity index (χ4v) is 5.78. The third-order valence-corrected chi connectivity index (χ3v) is 7.56. The Kier molecular flexibility index (Phi) is 7.31. The number of hydrogen-bond acceptors (Lipinski definition) is 4. The van der Waals surface area contributed by atoms with Crippen LogP contribution in [0.15, 0.2) is 77.9 Å². The maximum Gasteiger partial charge on any atom is 0.309 e. The van der Waals surface area contributed by atoms with Crippen molar-refractivity contribution in [2.75, 3.05) is 11.9 Å². The van der Waals surface area contributed by atoms with Gasteiger partial charge in [-0.05, 0) is 96.5 Å². The lowest BCUT2D eigenvalue weighted by Crippen LogP contribution is -2.26. The summed E-state index contributed by atoms with van der Waals surface area (Å²) in [6.07, 6.45) is 11.2. The van der Waals surface area contributed by atoms with Crippen LogP contribution in [-0.2, 0) is 28.8 Å². The van der Waals surface area contributed by atoms with Crippen LogP contribution < -0.4 is 5.32 Å². The first-order chi connectivity index (χ1) is 17.7. The molecule has 0 spiro atoms. The minimum Gasteiger partial charge on any atom is -0.466 e. The lowest BCUT2D eigenvalue weighted by molar-refractivity contribution is -0.148. The summed E-state index contributed by atoms with van der Waals surface area (Å²) in [6, 6.07) is 21.3. The van der Waals surface area contributed by atoms with E-state index in [4.69, 9.17) is 4.74 Å². The number of nitrogens with one attached hydrogen (secondary N) is 1. The number of rotatable bonds is 3. The number of aliphatic imine (C=N–C) groups is 1. The normalized spacial score (nSPS) is 17.6. The number of esters is 1. The number of ether oxygens (including phenoxy) is 1. The van der Waals surface area contributed by atoms with Crippen molar-refractivity contribution in [1.82, 2.24) is 0 Å². The van der Waals surface area contributed by atoms with Gasteiger partial charge in [-0.1, -0.05) is 55.5 Å². The molecule has 0 radical (unpaired) electrons. The predicted molar refractivity (Wildman–Crippen MR) is 148 cm³/mol. The molecule has 1 N–H and O–H groups in total. The number of fused-ring (bicyclic) bond motifs is 6. The van der Waals surface area contributed by atoms with E-state index in [0.717, 1.165) is 37.1 Å². The third-order valence-electron chi connectivity index (χ3n) is 7.56. The van der Waals surface area contributed by atoms with Crippen LogP contribution in [0.4, 0.5) is 11.4 Å². The van der Waals surface area contributed by atoms with E-state index in [1.807, 2.05) is 50.4 Å². The Morgan fingerprint density at radius 2 is 1.83 bits per heavy atom. The largest absolute Gasteiger partial charge is 0.466 e. The summed E-state index contributed by atoms with van der Waals surface area (Å²) >= 11 is 0. The van der Waals surface area contributed by atoms with Crippen LogP contribution in [-0.4, -0.2) is 18.8 Å². The Morgan fingerprint density at radius 3 is 2.72 bits per heavy atom. The first kappa shape index (κ1) is 24.1. The monoisotopic (exact) mass is 478 g/mol. The zero-order valence-electron chi connectivity index (χ0n) is 21.2. The highest BCUT2D eigenvalue weighted by Gasteiger charge is 2.32. The molecule has 1 heterocycles. The molecule has 6 rings (SSSR count). The van der Waals surface area contributed by atoms with Crippen LogP contribution in [0.1, 0.15) is 54.9 Å². The molecule has 3 aromatic carbocycles. The summed E-state index contributed by atoms with van der Waals surface area (Å²) in [4.78, 5) is 16.5. The molecule has 0 bridgehead atoms. The Hall–Kier alpha value is -3.66. The van der Waals surface area contributed by atoms with Crippen molar-refractivity contribution in [2.45, 2.75) is 51.9 Å². The van der Waals surface area contributed by atoms with Crippen LogP contribution in [0.25, 0.3) is 11.1 Å². The molecule has 2 atom stereocenters. The maximum atomic E-state index is 12.3. The van der Waals surface area contributed by atoms with Crippen molar-refractivity contribution >= 4 is 23.6 Å². The molecule has 0 aromatic heterocycles. The SMILES string of the molecule is C1=CNc2ccccc2N=C1.CCOC(=O)C(C)C1CCCc2c1ccc1c2CCc2ccccc2-1. The van der Waals surface area contributed by atoms with Crippen LogP contribution in [0.5, 0.6) is 0 Å². The summed E-state index contributed by atoms with van der Waals surface area (Å²) in [6.45, 7) is 4.38. The first-order valence-electron chi connectivity index (χ1n) is 13.1. The zero-order valence-corrected chi connectivity index (χ0v) is 21.2. The minimum absolute atomic E-state index is 0.0524. The predicted octanol–water partition coefficient (Wildman–Crippen LogP) is 7.40. The molecule has 36 heavy (non-hydrogen) atoms. The van der Waals surface area contributed by atoms with E-state index in [9.17, 15) is 4.79 Å². The van der Waals surface area contributed by atoms with Gasteiger partial charge in [-0.15, -0.1) is 0 Å². The Morgan fingerprint density at radius 1 is 1.00 bits per heavy atom. The quantitative estimate of drug-likeness (QED) is 0.399. The van der Waals surface area contributed by atoms with Gasteiger partial charge in [0.25, 0.3) is 0 Å². The van der Waals surface area contributed by atoms with Gasteiger partial charge in [-0.25, -0.2) is 0 Å². The number of hydrogen-bond donors (Lipinski definition) is 1. The molecule has 184 valence electrons. The van der Waals surface area contributed by atoms with Gasteiger partial charge in [0.05, 0.1) is 23.9 Å². The molecule has 0 fully saturated rings. The molecule has 3 aliphatic rings. The number of benzene rings is 3. The van der Waals surface area contributed by atoms with Gasteiger partial charge in [0.15, 0.2) is 0 Å². The maximum absolute atomic E-state index is 12.3. The standard InChI is InChI=1S/C23H26O2.C9H8N2/c1-3-25-23(24)15(2)17-9-6-10-19-20(17)13-14-21-18-8-5-4-7-16(18)11-12-22(19)21;1-2-5-9-8(4-1)10-6-3-7-11-9/h4-5,7-8,13-15,17H,3,6,9-12H2,1-2H3;1-7,10H. The van der Waals surface area contributed by atoms with Gasteiger partial charge in [0.2, 0.25) is 0 Å². The van der Waals surface area contributed by atoms with Crippen LogP contribution >= 0.6 is 0 Å². The van der Waals surface area contributed by atoms with E-state index in [-0.39, 0.29) is 11.9 Å². The number of anilines is 1. The number of nitrogens with zero attached hydrogens (tertiary/aromatic N) is 1. The van der Waals surface area contributed by atoms with Gasteiger partial charge in [-0.3, -0.25) is 9.79 Å². The highest BCUT2D eigenvalue weighted by molar-refractivity contribution is 5.81. The van der Waals surface area contributed by atoms with E-state index in [1.165, 1.54) is 39.8 Å². The zero-order chi connectivity index (χ0) is 24.9. The Labute approximate surface area is 214 Å². The highest BCUT2D eigenvalue weighted by Crippen LogP contribution is 2.44. The summed E-state index contributed by atoms with van der Waals surface area (Å²) < 4.78 is 5.29. The van der Waals surface area contributed by atoms with E-state index in [0.29, 0.717) is 12.5 Å². The molecular formula is C32H34N2O2. The van der Waals surface area contributed by atoms with E-state index < -0.39 is 0 Å². The van der Waals surface area contributed by atoms with Crippen molar-refractivity contribution in [3.63, 3.8) is 0 Å². The van der Waals surface area contributed by atoms with E-state index >= 15 is 0 Å². The summed E-state index contributed by atoms with van der Waals surface area (Å²) in [7, 11) is 0. The smallest absolute Gasteiger partial charge is 0.309 e. The van der Waals surface area contributed by atoms with Crippen LogP contribution in [0.2, 0.25) is 0 Å². The van der Waals surface area contributed by atoms with Crippen molar-refractivity contribution in [3.05, 3.63) is 95.2 Å². The van der Waals surface area contributed by atoms with Crippen LogP contribution in [0, 0.1) is 5.92 Å². The molecule has 1 aliphatic heterocycles. The Balaban J connectivity index is 0.000000202. The van der Waals surface area contributed by atoms with Gasteiger partial charge in [0, 0.05) is 12.4 Å². The van der Waals surface area contributed by atoms with E-state index in [2.05, 4.69) is 46.7 Å². The number of para-hydroxylation sites is 2. The molecule has 0 amide bonds. The summed E-state index contributed by atoms with van der Waals surface area (Å²) in [5.41, 5.74) is 10.7. The fraction of sp³-hybridized carbons (Fsp3) is 0.312. The molecule has 4 heteroatoms.